The monoisotopic (exact) mass is 492 g/mol. The second kappa shape index (κ2) is 10.7. The molecule has 8 nitrogen and oxygen atoms in total. The van der Waals surface area contributed by atoms with Gasteiger partial charge in [-0.2, -0.15) is 0 Å². The van der Waals surface area contributed by atoms with Gasteiger partial charge in [0, 0.05) is 30.5 Å². The van der Waals surface area contributed by atoms with Crippen molar-refractivity contribution < 1.29 is 22.3 Å². The normalized spacial score (nSPS) is 19.7. The van der Waals surface area contributed by atoms with Crippen molar-refractivity contribution in [2.45, 2.75) is 63.8 Å². The summed E-state index contributed by atoms with van der Waals surface area (Å²) in [5.41, 5.74) is 1.45. The van der Waals surface area contributed by atoms with Gasteiger partial charge in [0.15, 0.2) is 0 Å². The van der Waals surface area contributed by atoms with Crippen molar-refractivity contribution in [3.63, 3.8) is 0 Å². The van der Waals surface area contributed by atoms with E-state index in [1.54, 1.807) is 32.9 Å². The Balaban J connectivity index is 1.61. The highest BCUT2D eigenvalue weighted by Gasteiger charge is 2.24. The van der Waals surface area contributed by atoms with Crippen LogP contribution in [0.2, 0.25) is 0 Å². The highest BCUT2D eigenvalue weighted by atomic mass is 32.2. The molecule has 1 saturated heterocycles. The number of nitrogens with one attached hydrogen (secondary N) is 3. The molecule has 3 atom stereocenters. The number of halogens is 1. The van der Waals surface area contributed by atoms with E-state index in [1.807, 2.05) is 18.7 Å². The van der Waals surface area contributed by atoms with Gasteiger partial charge in [-0.05, 0) is 77.1 Å². The minimum atomic E-state index is -3.60. The maximum Gasteiger partial charge on any atom is 0.246 e. The van der Waals surface area contributed by atoms with E-state index in [2.05, 4.69) is 15.4 Å². The number of sulfonamides is 1. The number of amides is 1. The standard InChI is InChI=1S/C24H33FN4O4S/c1-15(2)28-34(31,32)21-9-6-19(7-10-21)27-24(30)18(5)26-20-8-11-23(22(25)12-20)29-13-16(3)33-17(4)14-29/h6-12,15-18,26,28H,13-14H2,1-5H3,(H,27,30). The van der Waals surface area contributed by atoms with Gasteiger partial charge in [-0.15, -0.1) is 0 Å². The number of ether oxygens (including phenoxy) is 1. The van der Waals surface area contributed by atoms with Gasteiger partial charge in [-0.3, -0.25) is 4.79 Å². The topological polar surface area (TPSA) is 99.8 Å². The van der Waals surface area contributed by atoms with E-state index in [0.717, 1.165) is 0 Å². The highest BCUT2D eigenvalue weighted by molar-refractivity contribution is 7.89. The second-order valence-electron chi connectivity index (χ2n) is 8.98. The van der Waals surface area contributed by atoms with Crippen molar-refractivity contribution >= 4 is 33.0 Å². The van der Waals surface area contributed by atoms with Crippen LogP contribution in [0.5, 0.6) is 0 Å². The van der Waals surface area contributed by atoms with Gasteiger partial charge in [0.1, 0.15) is 11.9 Å². The number of morpholine rings is 1. The van der Waals surface area contributed by atoms with Crippen LogP contribution in [-0.2, 0) is 19.6 Å². The molecule has 1 heterocycles. The van der Waals surface area contributed by atoms with Crippen molar-refractivity contribution in [2.24, 2.45) is 0 Å². The molecule has 186 valence electrons. The van der Waals surface area contributed by atoms with Crippen LogP contribution in [0.1, 0.15) is 34.6 Å². The van der Waals surface area contributed by atoms with Gasteiger partial charge in [0.05, 0.1) is 22.8 Å². The number of carbonyl (C=O) groups excluding carboxylic acids is 1. The largest absolute Gasteiger partial charge is 0.374 e. The Morgan fingerprint density at radius 1 is 1.03 bits per heavy atom. The lowest BCUT2D eigenvalue weighted by Gasteiger charge is -2.37. The molecular weight excluding hydrogens is 459 g/mol. The van der Waals surface area contributed by atoms with Crippen LogP contribution in [0, 0.1) is 5.82 Å². The molecule has 1 amide bonds. The van der Waals surface area contributed by atoms with Crippen molar-refractivity contribution in [1.82, 2.24) is 4.72 Å². The summed E-state index contributed by atoms with van der Waals surface area (Å²) in [6.45, 7) is 10.3. The first-order chi connectivity index (χ1) is 15.9. The predicted octanol–water partition coefficient (Wildman–Crippen LogP) is 3.57. The zero-order valence-electron chi connectivity index (χ0n) is 20.1. The van der Waals surface area contributed by atoms with Gasteiger partial charge >= 0.3 is 0 Å². The fourth-order valence-electron chi connectivity index (χ4n) is 3.89. The first-order valence-corrected chi connectivity index (χ1v) is 12.8. The summed E-state index contributed by atoms with van der Waals surface area (Å²) in [5.74, 6) is -0.707. The van der Waals surface area contributed by atoms with Crippen molar-refractivity contribution in [1.29, 1.82) is 0 Å². The maximum absolute atomic E-state index is 14.8. The van der Waals surface area contributed by atoms with E-state index in [1.165, 1.54) is 30.3 Å². The maximum atomic E-state index is 14.8. The Bertz CT molecular complexity index is 1100. The van der Waals surface area contributed by atoms with E-state index in [0.29, 0.717) is 30.2 Å². The molecule has 3 unspecified atom stereocenters. The molecule has 0 aliphatic carbocycles. The first-order valence-electron chi connectivity index (χ1n) is 11.3. The van der Waals surface area contributed by atoms with Crippen LogP contribution in [-0.4, -0.2) is 51.7 Å². The molecule has 0 radical (unpaired) electrons. The van der Waals surface area contributed by atoms with Gasteiger partial charge in [-0.1, -0.05) is 0 Å². The lowest BCUT2D eigenvalue weighted by Crippen LogP contribution is -2.45. The van der Waals surface area contributed by atoms with Crippen LogP contribution in [0.3, 0.4) is 0 Å². The van der Waals surface area contributed by atoms with Crippen LogP contribution >= 0.6 is 0 Å². The van der Waals surface area contributed by atoms with E-state index in [4.69, 9.17) is 4.74 Å². The summed E-state index contributed by atoms with van der Waals surface area (Å²) in [7, 11) is -3.60. The number of rotatable bonds is 8. The summed E-state index contributed by atoms with van der Waals surface area (Å²) in [4.78, 5) is 14.7. The summed E-state index contributed by atoms with van der Waals surface area (Å²) < 4.78 is 47.5. The SMILES string of the molecule is CC(C)NS(=O)(=O)c1ccc(NC(=O)C(C)Nc2ccc(N3CC(C)OC(C)C3)c(F)c2)cc1. The molecule has 3 N–H and O–H groups in total. The zero-order chi connectivity index (χ0) is 25.0. The number of carbonyl (C=O) groups is 1. The number of anilines is 3. The molecule has 1 fully saturated rings. The Labute approximate surface area is 200 Å². The summed E-state index contributed by atoms with van der Waals surface area (Å²) in [6, 6.07) is 9.86. The minimum absolute atomic E-state index is 0.0188. The van der Waals surface area contributed by atoms with E-state index in [9.17, 15) is 17.6 Å². The third kappa shape index (κ3) is 6.68. The Morgan fingerprint density at radius 2 is 1.62 bits per heavy atom. The fraction of sp³-hybridized carbons (Fsp3) is 0.458. The van der Waals surface area contributed by atoms with Crippen molar-refractivity contribution in [2.75, 3.05) is 28.6 Å². The Hall–Kier alpha value is -2.69. The molecule has 1 aliphatic heterocycles. The van der Waals surface area contributed by atoms with Gasteiger partial charge in [0.2, 0.25) is 15.9 Å². The van der Waals surface area contributed by atoms with Crippen LogP contribution in [0.15, 0.2) is 47.4 Å². The number of hydrogen-bond donors (Lipinski definition) is 3. The molecule has 34 heavy (non-hydrogen) atoms. The lowest BCUT2D eigenvalue weighted by molar-refractivity contribution is -0.116. The van der Waals surface area contributed by atoms with E-state index < -0.39 is 16.1 Å². The van der Waals surface area contributed by atoms with Crippen molar-refractivity contribution in [3.8, 4) is 0 Å². The minimum Gasteiger partial charge on any atom is -0.374 e. The average Bonchev–Trinajstić information content (AvgIpc) is 2.72. The summed E-state index contributed by atoms with van der Waals surface area (Å²) in [6.07, 6.45) is 0.0376. The number of benzene rings is 2. The quantitative estimate of drug-likeness (QED) is 0.521. The molecule has 1 aliphatic rings. The third-order valence-corrected chi connectivity index (χ3v) is 6.98. The number of nitrogens with zero attached hydrogens (tertiary/aromatic N) is 1. The fourth-order valence-corrected chi connectivity index (χ4v) is 5.14. The summed E-state index contributed by atoms with van der Waals surface area (Å²) >= 11 is 0. The molecule has 0 aromatic heterocycles. The zero-order valence-corrected chi connectivity index (χ0v) is 20.9. The average molecular weight is 493 g/mol. The molecule has 0 bridgehead atoms. The molecular formula is C24H33FN4O4S. The molecule has 10 heteroatoms. The van der Waals surface area contributed by atoms with Crippen LogP contribution in [0.25, 0.3) is 0 Å². The molecule has 3 rings (SSSR count). The molecule has 2 aromatic rings. The van der Waals surface area contributed by atoms with Crippen LogP contribution in [0.4, 0.5) is 21.5 Å². The van der Waals surface area contributed by atoms with E-state index >= 15 is 0 Å². The van der Waals surface area contributed by atoms with Crippen molar-refractivity contribution in [3.05, 3.63) is 48.3 Å². The van der Waals surface area contributed by atoms with E-state index in [-0.39, 0.29) is 34.9 Å². The Morgan fingerprint density at radius 3 is 2.18 bits per heavy atom. The first kappa shape index (κ1) is 25.9. The number of hydrogen-bond acceptors (Lipinski definition) is 6. The second-order valence-corrected chi connectivity index (χ2v) is 10.7. The smallest absolute Gasteiger partial charge is 0.246 e. The van der Waals surface area contributed by atoms with Gasteiger partial charge in [0.25, 0.3) is 0 Å². The Kier molecular flexibility index (Phi) is 8.17. The van der Waals surface area contributed by atoms with Gasteiger partial charge in [-0.25, -0.2) is 17.5 Å². The van der Waals surface area contributed by atoms with Crippen LogP contribution < -0.4 is 20.3 Å². The molecule has 0 saturated carbocycles. The lowest BCUT2D eigenvalue weighted by atomic mass is 10.1. The van der Waals surface area contributed by atoms with Gasteiger partial charge < -0.3 is 20.3 Å². The predicted molar refractivity (Wildman–Crippen MR) is 132 cm³/mol. The summed E-state index contributed by atoms with van der Waals surface area (Å²) in [5, 5.41) is 5.74. The molecule has 2 aromatic carbocycles. The third-order valence-electron chi connectivity index (χ3n) is 5.31. The highest BCUT2D eigenvalue weighted by Crippen LogP contribution is 2.26. The molecule has 0 spiro atoms.